The fraction of sp³-hybridized carbons (Fsp3) is 0.207. The molecule has 0 aliphatic carbocycles. The van der Waals surface area contributed by atoms with Gasteiger partial charge in [-0.15, -0.1) is 0 Å². The molecule has 0 unspecified atom stereocenters. The van der Waals surface area contributed by atoms with Crippen LogP contribution >= 0.6 is 0 Å². The first kappa shape index (κ1) is 26.8. The molecule has 7 heteroatoms. The highest BCUT2D eigenvalue weighted by Gasteiger charge is 2.19. The first-order chi connectivity index (χ1) is 17.0. The van der Waals surface area contributed by atoms with Crippen LogP contribution in [0.1, 0.15) is 50.9 Å². The van der Waals surface area contributed by atoms with Gasteiger partial charge in [0.25, 0.3) is 10.0 Å². The summed E-state index contributed by atoms with van der Waals surface area (Å²) in [4.78, 5) is 14.6. The highest BCUT2D eigenvalue weighted by molar-refractivity contribution is 7.92. The second-order valence-corrected chi connectivity index (χ2v) is 11.1. The lowest BCUT2D eigenvalue weighted by molar-refractivity contribution is -0.131. The number of fused-ring (bicyclic) bond motifs is 1. The van der Waals surface area contributed by atoms with Crippen molar-refractivity contribution in [3.8, 4) is 0 Å². The Bertz CT molecular complexity index is 1470. The predicted molar refractivity (Wildman–Crippen MR) is 149 cm³/mol. The van der Waals surface area contributed by atoms with E-state index in [9.17, 15) is 13.2 Å². The average molecular weight is 505 g/mol. The molecule has 0 fully saturated rings. The van der Waals surface area contributed by atoms with Crippen LogP contribution in [0.5, 0.6) is 0 Å². The number of nitrogens with one attached hydrogen (secondary N) is 2. The van der Waals surface area contributed by atoms with E-state index in [2.05, 4.69) is 37.1 Å². The topological polar surface area (TPSA) is 99.3 Å². The summed E-state index contributed by atoms with van der Waals surface area (Å²) in [5.41, 5.74) is 4.37. The van der Waals surface area contributed by atoms with Gasteiger partial charge < -0.3 is 10.1 Å². The molecule has 3 aromatic rings. The van der Waals surface area contributed by atoms with Crippen molar-refractivity contribution in [2.45, 2.75) is 44.4 Å². The number of aromatic nitrogens is 1. The van der Waals surface area contributed by atoms with E-state index in [-0.39, 0.29) is 10.3 Å². The Morgan fingerprint density at radius 2 is 1.81 bits per heavy atom. The van der Waals surface area contributed by atoms with Crippen molar-refractivity contribution in [3.05, 3.63) is 96.2 Å². The van der Waals surface area contributed by atoms with E-state index < -0.39 is 16.0 Å². The van der Waals surface area contributed by atoms with Gasteiger partial charge in [0.1, 0.15) is 0 Å². The normalized spacial score (nSPS) is 13.1. The smallest absolute Gasteiger partial charge is 0.328 e. The Balaban J connectivity index is 2.10. The third-order valence-electron chi connectivity index (χ3n) is 5.63. The number of H-pyrrole nitrogens is 1. The molecule has 0 saturated carbocycles. The number of carboxylic acids is 1. The highest BCUT2D eigenvalue weighted by Crippen LogP contribution is 2.34. The number of benzene rings is 2. The van der Waals surface area contributed by atoms with Gasteiger partial charge in [0, 0.05) is 33.9 Å². The van der Waals surface area contributed by atoms with Crippen LogP contribution in [0.15, 0.2) is 84.3 Å². The molecule has 1 heterocycles. The summed E-state index contributed by atoms with van der Waals surface area (Å²) < 4.78 is 28.9. The number of anilines is 1. The molecule has 0 atom stereocenters. The van der Waals surface area contributed by atoms with Crippen LogP contribution in [0.3, 0.4) is 0 Å². The highest BCUT2D eigenvalue weighted by atomic mass is 32.2. The predicted octanol–water partition coefficient (Wildman–Crippen LogP) is 6.90. The Morgan fingerprint density at radius 3 is 2.39 bits per heavy atom. The number of aromatic amines is 1. The number of rotatable bonds is 9. The maximum Gasteiger partial charge on any atom is 0.328 e. The van der Waals surface area contributed by atoms with Crippen molar-refractivity contribution in [3.63, 3.8) is 0 Å². The largest absolute Gasteiger partial charge is 0.478 e. The monoisotopic (exact) mass is 504 g/mol. The molecule has 188 valence electrons. The maximum atomic E-state index is 13.1. The first-order valence-corrected chi connectivity index (χ1v) is 13.1. The van der Waals surface area contributed by atoms with Crippen molar-refractivity contribution in [2.75, 3.05) is 4.72 Å². The van der Waals surface area contributed by atoms with Crippen LogP contribution in [0.25, 0.3) is 22.6 Å². The molecular weight excluding hydrogens is 472 g/mol. The summed E-state index contributed by atoms with van der Waals surface area (Å²) in [5, 5.41) is 9.91. The summed E-state index contributed by atoms with van der Waals surface area (Å²) in [7, 11) is -3.81. The first-order valence-electron chi connectivity index (χ1n) is 11.7. The van der Waals surface area contributed by atoms with Gasteiger partial charge in [-0.1, -0.05) is 70.7 Å². The Hall–Kier alpha value is -3.84. The number of carbonyl (C=O) groups is 1. The molecule has 0 aliphatic rings. The number of carboxylic acid groups (broad SMARTS) is 1. The molecule has 36 heavy (non-hydrogen) atoms. The minimum absolute atomic E-state index is 0.0814. The molecule has 1 aromatic heterocycles. The van der Waals surface area contributed by atoms with E-state index in [1.807, 2.05) is 31.2 Å². The molecule has 0 saturated heterocycles. The molecule has 3 rings (SSSR count). The molecule has 3 N–H and O–H groups in total. The summed E-state index contributed by atoms with van der Waals surface area (Å²) >= 11 is 0. The lowest BCUT2D eigenvalue weighted by Gasteiger charge is -2.19. The zero-order valence-electron chi connectivity index (χ0n) is 21.0. The lowest BCUT2D eigenvalue weighted by atomic mass is 9.87. The third-order valence-corrected chi connectivity index (χ3v) is 7.02. The van der Waals surface area contributed by atoms with Crippen molar-refractivity contribution in [1.82, 2.24) is 4.98 Å². The number of aliphatic carboxylic acids is 1. The van der Waals surface area contributed by atoms with E-state index in [4.69, 9.17) is 5.11 Å². The van der Waals surface area contributed by atoms with E-state index in [1.165, 1.54) is 6.08 Å². The summed E-state index contributed by atoms with van der Waals surface area (Å²) in [5.74, 6) is -1.06. The van der Waals surface area contributed by atoms with Gasteiger partial charge in [-0.2, -0.15) is 0 Å². The van der Waals surface area contributed by atoms with Gasteiger partial charge in [-0.25, -0.2) is 13.2 Å². The van der Waals surface area contributed by atoms with Crippen LogP contribution < -0.4 is 4.72 Å². The van der Waals surface area contributed by atoms with Crippen LogP contribution in [-0.4, -0.2) is 24.5 Å². The number of allylic oxidation sites excluding steroid dienone is 5. The minimum atomic E-state index is -3.81. The number of hydrogen-bond donors (Lipinski definition) is 3. The molecule has 0 amide bonds. The van der Waals surface area contributed by atoms with Gasteiger partial charge in [0.15, 0.2) is 0 Å². The van der Waals surface area contributed by atoms with E-state index in [1.54, 1.807) is 42.5 Å². The standard InChI is InChI=1S/C29H32N2O4S/c1-6-8-10-20(9-7-2)28-24-19-22(13-16-25(24)30-26(28)17-18-27(32)33)31-36(34,35)23-14-11-21(12-15-23)29(3,4)5/h6,8-19,30-31H,1,7H2,2-5H3,(H,32,33)/b10-8-,18-17+,20-9+. The number of hydrogen-bond acceptors (Lipinski definition) is 3. The molecular formula is C29H32N2O4S. The lowest BCUT2D eigenvalue weighted by Crippen LogP contribution is -2.14. The van der Waals surface area contributed by atoms with Gasteiger partial charge in [0.2, 0.25) is 0 Å². The summed E-state index contributed by atoms with van der Waals surface area (Å²) in [6, 6.07) is 12.1. The van der Waals surface area contributed by atoms with Crippen molar-refractivity contribution in [2.24, 2.45) is 0 Å². The minimum Gasteiger partial charge on any atom is -0.478 e. The van der Waals surface area contributed by atoms with Crippen LogP contribution in [0.4, 0.5) is 5.69 Å². The fourth-order valence-corrected chi connectivity index (χ4v) is 4.91. The second kappa shape index (κ2) is 10.8. The summed E-state index contributed by atoms with van der Waals surface area (Å²) in [6.07, 6.45) is 10.7. The van der Waals surface area contributed by atoms with Crippen molar-refractivity contribution in [1.29, 1.82) is 0 Å². The van der Waals surface area contributed by atoms with Crippen LogP contribution in [0.2, 0.25) is 0 Å². The fourth-order valence-electron chi connectivity index (χ4n) is 3.86. The van der Waals surface area contributed by atoms with Gasteiger partial charge in [0.05, 0.1) is 4.90 Å². The quantitative estimate of drug-likeness (QED) is 0.218. The SMILES string of the molecule is C=C/C=C\C(=C/CC)c1c(/C=C/C(=O)O)[nH]c2ccc(NS(=O)(=O)c3ccc(C(C)(C)C)cc3)cc12. The zero-order valence-corrected chi connectivity index (χ0v) is 21.8. The molecule has 2 aromatic carbocycles. The van der Waals surface area contributed by atoms with E-state index in [0.717, 1.165) is 40.1 Å². The Labute approximate surface area is 212 Å². The third kappa shape index (κ3) is 6.23. The van der Waals surface area contributed by atoms with E-state index in [0.29, 0.717) is 11.4 Å². The van der Waals surface area contributed by atoms with Crippen LogP contribution in [-0.2, 0) is 20.2 Å². The Kier molecular flexibility index (Phi) is 8.05. The number of sulfonamides is 1. The van der Waals surface area contributed by atoms with Crippen molar-refractivity contribution >= 4 is 44.2 Å². The Morgan fingerprint density at radius 1 is 1.11 bits per heavy atom. The molecule has 6 nitrogen and oxygen atoms in total. The van der Waals surface area contributed by atoms with Crippen molar-refractivity contribution < 1.29 is 18.3 Å². The van der Waals surface area contributed by atoms with E-state index >= 15 is 0 Å². The second-order valence-electron chi connectivity index (χ2n) is 9.39. The van der Waals surface area contributed by atoms with Gasteiger partial charge in [-0.3, -0.25) is 4.72 Å². The zero-order chi connectivity index (χ0) is 26.5. The molecule has 0 spiro atoms. The summed E-state index contributed by atoms with van der Waals surface area (Å²) in [6.45, 7) is 12.0. The van der Waals surface area contributed by atoms with Crippen LogP contribution in [0, 0.1) is 0 Å². The van der Waals surface area contributed by atoms with Gasteiger partial charge in [-0.05, 0) is 59.4 Å². The molecule has 0 aliphatic heterocycles. The molecule has 0 radical (unpaired) electrons. The van der Waals surface area contributed by atoms with Gasteiger partial charge >= 0.3 is 5.97 Å². The molecule has 0 bridgehead atoms. The maximum absolute atomic E-state index is 13.1. The average Bonchev–Trinajstić information content (AvgIpc) is 3.17.